The standard InChI is InChI=1S/C12H13NO4/c1-3-17-11(15)12(16)9-7-5-4-6-8(9)10(14)13(12)2/h4-7,16H,3H2,1-2H3. The number of ether oxygens (including phenoxy) is 1. The number of hydrogen-bond donors (Lipinski definition) is 1. The summed E-state index contributed by atoms with van der Waals surface area (Å²) in [5.41, 5.74) is -1.42. The number of rotatable bonds is 2. The summed E-state index contributed by atoms with van der Waals surface area (Å²) in [4.78, 5) is 24.7. The molecule has 5 nitrogen and oxygen atoms in total. The molecule has 1 unspecified atom stereocenters. The molecule has 0 aliphatic carbocycles. The molecule has 1 aromatic rings. The number of esters is 1. The van der Waals surface area contributed by atoms with E-state index in [1.807, 2.05) is 0 Å². The predicted molar refractivity (Wildman–Crippen MR) is 59.1 cm³/mol. The molecule has 2 rings (SSSR count). The van der Waals surface area contributed by atoms with Crippen LogP contribution in [0.25, 0.3) is 0 Å². The van der Waals surface area contributed by atoms with Crippen LogP contribution in [0.15, 0.2) is 24.3 Å². The fourth-order valence-corrected chi connectivity index (χ4v) is 1.96. The van der Waals surface area contributed by atoms with Crippen LogP contribution in [0.3, 0.4) is 0 Å². The van der Waals surface area contributed by atoms with Crippen LogP contribution in [-0.4, -0.2) is 35.5 Å². The molecule has 1 heterocycles. The van der Waals surface area contributed by atoms with Crippen LogP contribution < -0.4 is 0 Å². The van der Waals surface area contributed by atoms with Gasteiger partial charge in [0.2, 0.25) is 0 Å². The molecule has 1 N–H and O–H groups in total. The van der Waals surface area contributed by atoms with Crippen LogP contribution in [0.1, 0.15) is 22.8 Å². The molecule has 0 fully saturated rings. The van der Waals surface area contributed by atoms with Crippen molar-refractivity contribution in [2.75, 3.05) is 13.7 Å². The topological polar surface area (TPSA) is 66.8 Å². The van der Waals surface area contributed by atoms with Crippen LogP contribution >= 0.6 is 0 Å². The van der Waals surface area contributed by atoms with E-state index in [0.717, 1.165) is 4.90 Å². The first-order chi connectivity index (χ1) is 8.03. The van der Waals surface area contributed by atoms with Crippen LogP contribution in [0.4, 0.5) is 0 Å². The van der Waals surface area contributed by atoms with E-state index in [9.17, 15) is 14.7 Å². The minimum Gasteiger partial charge on any atom is -0.462 e. The summed E-state index contributed by atoms with van der Waals surface area (Å²) >= 11 is 0. The number of carbonyl (C=O) groups excluding carboxylic acids is 2. The van der Waals surface area contributed by atoms with E-state index < -0.39 is 17.6 Å². The molecular formula is C12H13NO4. The zero-order valence-electron chi connectivity index (χ0n) is 9.64. The third-order valence-electron chi connectivity index (χ3n) is 2.88. The van der Waals surface area contributed by atoms with E-state index >= 15 is 0 Å². The van der Waals surface area contributed by atoms with Gasteiger partial charge >= 0.3 is 5.97 Å². The molecule has 5 heteroatoms. The normalized spacial score (nSPS) is 22.5. The first-order valence-electron chi connectivity index (χ1n) is 5.30. The molecule has 0 spiro atoms. The summed E-state index contributed by atoms with van der Waals surface area (Å²) in [6.07, 6.45) is 0. The Bertz CT molecular complexity index is 485. The fraction of sp³-hybridized carbons (Fsp3) is 0.333. The lowest BCUT2D eigenvalue weighted by Crippen LogP contribution is -2.48. The molecular weight excluding hydrogens is 222 g/mol. The number of nitrogens with zero attached hydrogens (tertiary/aromatic N) is 1. The van der Waals surface area contributed by atoms with Gasteiger partial charge in [0.1, 0.15) is 0 Å². The maximum atomic E-state index is 11.9. The average molecular weight is 235 g/mol. The number of aliphatic hydroxyl groups is 1. The summed E-state index contributed by atoms with van der Waals surface area (Å²) in [6, 6.07) is 6.47. The third-order valence-corrected chi connectivity index (χ3v) is 2.88. The number of benzene rings is 1. The van der Waals surface area contributed by atoms with Gasteiger partial charge in [-0.2, -0.15) is 0 Å². The molecule has 1 amide bonds. The quantitative estimate of drug-likeness (QED) is 0.757. The summed E-state index contributed by atoms with van der Waals surface area (Å²) in [5, 5.41) is 10.4. The van der Waals surface area contributed by atoms with Crippen molar-refractivity contribution >= 4 is 11.9 Å². The Hall–Kier alpha value is -1.88. The van der Waals surface area contributed by atoms with E-state index in [2.05, 4.69) is 0 Å². The Morgan fingerprint density at radius 3 is 2.76 bits per heavy atom. The van der Waals surface area contributed by atoms with Crippen molar-refractivity contribution in [2.45, 2.75) is 12.6 Å². The molecule has 1 aromatic carbocycles. The molecule has 0 aromatic heterocycles. The molecule has 1 aliphatic heterocycles. The molecule has 90 valence electrons. The molecule has 0 bridgehead atoms. The van der Waals surface area contributed by atoms with Gasteiger partial charge in [-0.15, -0.1) is 0 Å². The van der Waals surface area contributed by atoms with Crippen molar-refractivity contribution in [1.29, 1.82) is 0 Å². The van der Waals surface area contributed by atoms with Gasteiger partial charge < -0.3 is 14.7 Å². The van der Waals surface area contributed by atoms with Crippen LogP contribution in [0, 0.1) is 0 Å². The maximum Gasteiger partial charge on any atom is 0.364 e. The summed E-state index contributed by atoms with van der Waals surface area (Å²) in [5.74, 6) is -1.23. The fourth-order valence-electron chi connectivity index (χ4n) is 1.96. The minimum atomic E-state index is -2.01. The van der Waals surface area contributed by atoms with Crippen molar-refractivity contribution in [3.8, 4) is 0 Å². The number of amides is 1. The second-order valence-corrected chi connectivity index (χ2v) is 3.80. The average Bonchev–Trinajstić information content (AvgIpc) is 2.54. The largest absolute Gasteiger partial charge is 0.462 e. The predicted octanol–water partition coefficient (Wildman–Crippen LogP) is 0.480. The number of likely N-dealkylation sites (N-methyl/N-ethyl adjacent to an activating group) is 1. The lowest BCUT2D eigenvalue weighted by atomic mass is 10.0. The monoisotopic (exact) mass is 235 g/mol. The number of hydrogen-bond acceptors (Lipinski definition) is 4. The lowest BCUT2D eigenvalue weighted by Gasteiger charge is -2.28. The highest BCUT2D eigenvalue weighted by atomic mass is 16.6. The summed E-state index contributed by atoms with van der Waals surface area (Å²) in [7, 11) is 1.37. The first-order valence-corrected chi connectivity index (χ1v) is 5.30. The molecule has 0 saturated carbocycles. The van der Waals surface area contributed by atoms with E-state index in [1.54, 1.807) is 31.2 Å². The Labute approximate surface area is 98.6 Å². The van der Waals surface area contributed by atoms with Gasteiger partial charge in [0.15, 0.2) is 0 Å². The van der Waals surface area contributed by atoms with Gasteiger partial charge in [0, 0.05) is 18.2 Å². The highest BCUT2D eigenvalue weighted by Crippen LogP contribution is 2.36. The Morgan fingerprint density at radius 1 is 1.47 bits per heavy atom. The van der Waals surface area contributed by atoms with Gasteiger partial charge in [0.25, 0.3) is 11.6 Å². The Kier molecular flexibility index (Phi) is 2.63. The van der Waals surface area contributed by atoms with Crippen molar-refractivity contribution < 1.29 is 19.4 Å². The van der Waals surface area contributed by atoms with Crippen molar-refractivity contribution in [1.82, 2.24) is 4.90 Å². The van der Waals surface area contributed by atoms with Crippen LogP contribution in [-0.2, 0) is 15.3 Å². The van der Waals surface area contributed by atoms with E-state index in [4.69, 9.17) is 4.74 Å². The van der Waals surface area contributed by atoms with E-state index in [1.165, 1.54) is 7.05 Å². The first kappa shape index (κ1) is 11.6. The van der Waals surface area contributed by atoms with Crippen molar-refractivity contribution in [3.63, 3.8) is 0 Å². The third kappa shape index (κ3) is 1.43. The second-order valence-electron chi connectivity index (χ2n) is 3.80. The van der Waals surface area contributed by atoms with E-state index in [0.29, 0.717) is 5.56 Å². The minimum absolute atomic E-state index is 0.144. The van der Waals surface area contributed by atoms with Crippen LogP contribution in [0.5, 0.6) is 0 Å². The van der Waals surface area contributed by atoms with Gasteiger partial charge in [0.05, 0.1) is 6.61 Å². The van der Waals surface area contributed by atoms with Crippen molar-refractivity contribution in [3.05, 3.63) is 35.4 Å². The molecule has 1 aliphatic rings. The highest BCUT2D eigenvalue weighted by molar-refractivity contribution is 6.04. The molecule has 0 radical (unpaired) electrons. The maximum absolute atomic E-state index is 11.9. The molecule has 17 heavy (non-hydrogen) atoms. The zero-order chi connectivity index (χ0) is 12.6. The zero-order valence-corrected chi connectivity index (χ0v) is 9.64. The van der Waals surface area contributed by atoms with Gasteiger partial charge in [-0.05, 0) is 13.0 Å². The summed E-state index contributed by atoms with van der Waals surface area (Å²) < 4.78 is 4.82. The van der Waals surface area contributed by atoms with E-state index in [-0.39, 0.29) is 12.2 Å². The second kappa shape index (κ2) is 3.85. The summed E-state index contributed by atoms with van der Waals surface area (Å²) in [6.45, 7) is 1.79. The lowest BCUT2D eigenvalue weighted by molar-refractivity contribution is -0.181. The Morgan fingerprint density at radius 2 is 2.12 bits per heavy atom. The van der Waals surface area contributed by atoms with Crippen molar-refractivity contribution in [2.24, 2.45) is 0 Å². The van der Waals surface area contributed by atoms with Gasteiger partial charge in [-0.1, -0.05) is 18.2 Å². The smallest absolute Gasteiger partial charge is 0.364 e. The SMILES string of the molecule is CCOC(=O)C1(O)c2ccccc2C(=O)N1C. The van der Waals surface area contributed by atoms with Gasteiger partial charge in [-0.25, -0.2) is 4.79 Å². The Balaban J connectivity index is 2.55. The molecule has 0 saturated heterocycles. The molecule has 1 atom stereocenters. The number of fused-ring (bicyclic) bond motifs is 1. The highest BCUT2D eigenvalue weighted by Gasteiger charge is 2.53. The van der Waals surface area contributed by atoms with Gasteiger partial charge in [-0.3, -0.25) is 4.79 Å². The van der Waals surface area contributed by atoms with Crippen LogP contribution in [0.2, 0.25) is 0 Å². The number of carbonyl (C=O) groups is 2.